The van der Waals surface area contributed by atoms with Gasteiger partial charge in [-0.15, -0.1) is 0 Å². The lowest BCUT2D eigenvalue weighted by atomic mass is 10.1. The van der Waals surface area contributed by atoms with Crippen molar-refractivity contribution in [1.82, 2.24) is 0 Å². The van der Waals surface area contributed by atoms with Crippen LogP contribution in [0.3, 0.4) is 0 Å². The summed E-state index contributed by atoms with van der Waals surface area (Å²) < 4.78 is 23.1. The van der Waals surface area contributed by atoms with Gasteiger partial charge in [-0.25, -0.2) is 8.42 Å². The number of rotatable bonds is 2. The van der Waals surface area contributed by atoms with Crippen LogP contribution in [0.1, 0.15) is 11.5 Å². The van der Waals surface area contributed by atoms with Crippen molar-refractivity contribution < 1.29 is 8.42 Å². The fourth-order valence-corrected chi connectivity index (χ4v) is 4.06. The molecule has 1 fully saturated rings. The number of benzene rings is 1. The van der Waals surface area contributed by atoms with Gasteiger partial charge >= 0.3 is 0 Å². The van der Waals surface area contributed by atoms with E-state index in [1.807, 2.05) is 6.07 Å². The second-order valence-electron chi connectivity index (χ2n) is 4.32. The van der Waals surface area contributed by atoms with Gasteiger partial charge in [-0.2, -0.15) is 5.26 Å². The van der Waals surface area contributed by atoms with E-state index in [1.165, 1.54) is 0 Å². The summed E-state index contributed by atoms with van der Waals surface area (Å²) in [5.41, 5.74) is 5.23. The predicted molar refractivity (Wildman–Crippen MR) is 65.4 cm³/mol. The Balaban J connectivity index is 2.42. The van der Waals surface area contributed by atoms with Crippen molar-refractivity contribution >= 4 is 21.4 Å². The van der Waals surface area contributed by atoms with E-state index < -0.39 is 26.5 Å². The highest BCUT2D eigenvalue weighted by molar-refractivity contribution is 7.91. The van der Waals surface area contributed by atoms with Crippen LogP contribution in [0.15, 0.2) is 24.3 Å². The van der Waals surface area contributed by atoms with Crippen LogP contribution in [0.25, 0.3) is 0 Å². The van der Waals surface area contributed by atoms with Crippen LogP contribution in [-0.2, 0) is 9.84 Å². The van der Waals surface area contributed by atoms with Gasteiger partial charge in [0.1, 0.15) is 10.8 Å². The topological polar surface area (TPSA) is 83.9 Å². The summed E-state index contributed by atoms with van der Waals surface area (Å²) in [6.07, 6.45) is 1.10. The van der Waals surface area contributed by atoms with Gasteiger partial charge in [0.05, 0.1) is 6.07 Å². The van der Waals surface area contributed by atoms with Gasteiger partial charge in [0.2, 0.25) is 0 Å². The molecule has 0 spiro atoms. The first-order valence-electron chi connectivity index (χ1n) is 4.95. The molecule has 0 unspecified atom stereocenters. The SMILES string of the molecule is CS(=O)(=O)[C@H]1[C@@H](c2ccc(Cl)cc2)[C@@]1(N)C#N. The van der Waals surface area contributed by atoms with Crippen molar-refractivity contribution in [1.29, 1.82) is 5.26 Å². The maximum Gasteiger partial charge on any atom is 0.153 e. The van der Waals surface area contributed by atoms with E-state index >= 15 is 0 Å². The molecule has 3 atom stereocenters. The van der Waals surface area contributed by atoms with Crippen molar-refractivity contribution in [3.63, 3.8) is 0 Å². The first-order valence-corrected chi connectivity index (χ1v) is 7.28. The van der Waals surface area contributed by atoms with Crippen molar-refractivity contribution in [2.24, 2.45) is 5.73 Å². The third-order valence-electron chi connectivity index (χ3n) is 3.06. The minimum Gasteiger partial charge on any atom is -0.312 e. The van der Waals surface area contributed by atoms with Crippen molar-refractivity contribution in [2.75, 3.05) is 6.26 Å². The minimum absolute atomic E-state index is 0.472. The van der Waals surface area contributed by atoms with Crippen molar-refractivity contribution in [2.45, 2.75) is 16.7 Å². The quantitative estimate of drug-likeness (QED) is 0.871. The summed E-state index contributed by atoms with van der Waals surface area (Å²) in [4.78, 5) is 0. The smallest absolute Gasteiger partial charge is 0.153 e. The van der Waals surface area contributed by atoms with E-state index in [1.54, 1.807) is 24.3 Å². The monoisotopic (exact) mass is 270 g/mol. The number of nitriles is 1. The Morgan fingerprint density at radius 3 is 2.29 bits per heavy atom. The molecule has 4 nitrogen and oxygen atoms in total. The molecule has 0 saturated heterocycles. The van der Waals surface area contributed by atoms with Crippen LogP contribution in [0.2, 0.25) is 5.02 Å². The second-order valence-corrected chi connectivity index (χ2v) is 6.93. The fourth-order valence-electron chi connectivity index (χ4n) is 2.23. The second kappa shape index (κ2) is 3.70. The summed E-state index contributed by atoms with van der Waals surface area (Å²) >= 11 is 5.75. The molecule has 0 bridgehead atoms. The van der Waals surface area contributed by atoms with Crippen LogP contribution in [0.4, 0.5) is 0 Å². The van der Waals surface area contributed by atoms with Crippen molar-refractivity contribution in [3.8, 4) is 6.07 Å². The first kappa shape index (κ1) is 12.4. The van der Waals surface area contributed by atoms with E-state index in [0.29, 0.717) is 5.02 Å². The molecule has 1 aromatic rings. The Morgan fingerprint density at radius 2 is 1.94 bits per heavy atom. The summed E-state index contributed by atoms with van der Waals surface area (Å²) in [7, 11) is -3.34. The Hall–Kier alpha value is -1.09. The van der Waals surface area contributed by atoms with Crippen LogP contribution in [0, 0.1) is 11.3 Å². The number of hydrogen-bond acceptors (Lipinski definition) is 4. The lowest BCUT2D eigenvalue weighted by Crippen LogP contribution is -2.28. The molecule has 17 heavy (non-hydrogen) atoms. The number of sulfone groups is 1. The highest BCUT2D eigenvalue weighted by Crippen LogP contribution is 2.53. The van der Waals surface area contributed by atoms with Gasteiger partial charge in [0.15, 0.2) is 9.84 Å². The zero-order valence-corrected chi connectivity index (χ0v) is 10.7. The van der Waals surface area contributed by atoms with Gasteiger partial charge in [0, 0.05) is 17.2 Å². The standard InChI is InChI=1S/C11H11ClN2O2S/c1-17(15,16)10-9(11(10,14)6-13)7-2-4-8(12)5-3-7/h2-5,9-10H,14H2,1H3/t9-,10+,11+/m1/s1. The minimum atomic E-state index is -3.34. The Kier molecular flexibility index (Phi) is 2.69. The number of nitrogens with two attached hydrogens (primary N) is 1. The molecule has 1 saturated carbocycles. The zero-order chi connectivity index (χ0) is 12.8. The number of hydrogen-bond donors (Lipinski definition) is 1. The summed E-state index contributed by atoms with van der Waals surface area (Å²) in [6.45, 7) is 0. The maximum atomic E-state index is 11.6. The first-order chi connectivity index (χ1) is 7.80. The van der Waals surface area contributed by atoms with E-state index in [0.717, 1.165) is 11.8 Å². The van der Waals surface area contributed by atoms with Gasteiger partial charge in [-0.3, -0.25) is 0 Å². The third-order valence-corrected chi connectivity index (χ3v) is 4.90. The summed E-state index contributed by atoms with van der Waals surface area (Å²) in [5, 5.41) is 8.75. The van der Waals surface area contributed by atoms with Gasteiger partial charge < -0.3 is 5.73 Å². The fraction of sp³-hybridized carbons (Fsp3) is 0.364. The van der Waals surface area contributed by atoms with Crippen LogP contribution in [-0.4, -0.2) is 25.5 Å². The Morgan fingerprint density at radius 1 is 1.41 bits per heavy atom. The molecule has 0 radical (unpaired) electrons. The molecule has 0 heterocycles. The summed E-state index contributed by atoms with van der Waals surface area (Å²) in [5.74, 6) is -0.472. The predicted octanol–water partition coefficient (Wildman–Crippen LogP) is 1.07. The van der Waals surface area contributed by atoms with Gasteiger partial charge in [-0.05, 0) is 17.7 Å². The average Bonchev–Trinajstić information content (AvgIpc) is 2.87. The maximum absolute atomic E-state index is 11.6. The molecule has 1 aromatic carbocycles. The molecule has 2 rings (SSSR count). The molecular formula is C11H11ClN2O2S. The molecule has 0 aromatic heterocycles. The zero-order valence-electron chi connectivity index (χ0n) is 9.09. The largest absolute Gasteiger partial charge is 0.312 e. The van der Waals surface area contributed by atoms with E-state index in [4.69, 9.17) is 22.6 Å². The molecule has 6 heteroatoms. The van der Waals surface area contributed by atoms with E-state index in [9.17, 15) is 8.42 Å². The van der Waals surface area contributed by atoms with Crippen LogP contribution in [0.5, 0.6) is 0 Å². The lowest BCUT2D eigenvalue weighted by molar-refractivity contribution is 0.597. The number of halogens is 1. The lowest BCUT2D eigenvalue weighted by Gasteiger charge is -2.00. The highest BCUT2D eigenvalue weighted by atomic mass is 35.5. The van der Waals surface area contributed by atoms with Crippen LogP contribution < -0.4 is 5.73 Å². The molecule has 1 aliphatic rings. The Labute approximate surface area is 105 Å². The molecule has 0 amide bonds. The normalized spacial score (nSPS) is 31.9. The molecule has 2 N–H and O–H groups in total. The summed E-state index contributed by atoms with van der Waals surface area (Å²) in [6, 6.07) is 8.63. The van der Waals surface area contributed by atoms with Crippen molar-refractivity contribution in [3.05, 3.63) is 34.9 Å². The molecule has 0 aliphatic heterocycles. The average molecular weight is 271 g/mol. The van der Waals surface area contributed by atoms with Crippen LogP contribution >= 0.6 is 11.6 Å². The van der Waals surface area contributed by atoms with Gasteiger partial charge in [-0.1, -0.05) is 23.7 Å². The van der Waals surface area contributed by atoms with Gasteiger partial charge in [0.25, 0.3) is 0 Å². The molecule has 1 aliphatic carbocycles. The molecular weight excluding hydrogens is 260 g/mol. The Bertz CT molecular complexity index is 591. The highest BCUT2D eigenvalue weighted by Gasteiger charge is 2.69. The van der Waals surface area contributed by atoms with E-state index in [-0.39, 0.29) is 0 Å². The number of nitrogens with zero attached hydrogens (tertiary/aromatic N) is 1. The van der Waals surface area contributed by atoms with E-state index in [2.05, 4.69) is 0 Å². The molecule has 90 valence electrons. The third kappa shape index (κ3) is 1.93.